The molecule has 1 aromatic carbocycles. The molecule has 3 heterocycles. The zero-order valence-corrected chi connectivity index (χ0v) is 14.9. The molecule has 0 saturated carbocycles. The monoisotopic (exact) mass is 366 g/mol. The summed E-state index contributed by atoms with van der Waals surface area (Å²) in [5.74, 6) is -0.671. The summed E-state index contributed by atoms with van der Waals surface area (Å²) in [6.07, 6.45) is 3.08. The Balaban J connectivity index is 1.64. The molecular weight excluding hydrogens is 348 g/mol. The highest BCUT2D eigenvalue weighted by Crippen LogP contribution is 2.30. The predicted molar refractivity (Wildman–Crippen MR) is 101 cm³/mol. The number of aromatic nitrogens is 2. The molecule has 132 valence electrons. The Morgan fingerprint density at radius 3 is 2.96 bits per heavy atom. The molecule has 2 N–H and O–H groups in total. The van der Waals surface area contributed by atoms with E-state index < -0.39 is 0 Å². The van der Waals surface area contributed by atoms with Gasteiger partial charge in [0.05, 0.1) is 21.8 Å². The highest BCUT2D eigenvalue weighted by molar-refractivity contribution is 7.17. The molecule has 4 rings (SSSR count). The molecule has 26 heavy (non-hydrogen) atoms. The van der Waals surface area contributed by atoms with Crippen molar-refractivity contribution in [2.24, 2.45) is 11.7 Å². The number of rotatable bonds is 3. The number of carbonyl (C=O) groups excluding carboxylic acids is 2. The van der Waals surface area contributed by atoms with Crippen LogP contribution in [0.4, 0.5) is 0 Å². The molecule has 1 saturated heterocycles. The molecule has 7 heteroatoms. The molecule has 0 aliphatic carbocycles. The summed E-state index contributed by atoms with van der Waals surface area (Å²) in [5, 5.41) is 1.98. The molecule has 2 amide bonds. The lowest BCUT2D eigenvalue weighted by Gasteiger charge is -2.31. The second-order valence-corrected chi connectivity index (χ2v) is 7.35. The maximum absolute atomic E-state index is 12.9. The summed E-state index contributed by atoms with van der Waals surface area (Å²) in [7, 11) is 0. The van der Waals surface area contributed by atoms with Crippen molar-refractivity contribution in [2.75, 3.05) is 13.1 Å². The first-order valence-electron chi connectivity index (χ1n) is 8.50. The molecule has 1 fully saturated rings. The largest absolute Gasteiger partial charge is 0.369 e. The summed E-state index contributed by atoms with van der Waals surface area (Å²) in [4.78, 5) is 34.8. The van der Waals surface area contributed by atoms with Gasteiger partial charge in [-0.15, -0.1) is 11.3 Å². The summed E-state index contributed by atoms with van der Waals surface area (Å²) in [6, 6.07) is 9.42. The quantitative estimate of drug-likeness (QED) is 0.772. The minimum atomic E-state index is -0.336. The van der Waals surface area contributed by atoms with Crippen LogP contribution < -0.4 is 5.73 Å². The number of carbonyl (C=O) groups is 2. The van der Waals surface area contributed by atoms with Gasteiger partial charge in [-0.25, -0.2) is 9.97 Å². The fraction of sp³-hybridized carbons (Fsp3) is 0.263. The summed E-state index contributed by atoms with van der Waals surface area (Å²) >= 11 is 1.58. The number of piperidine rings is 1. The average molecular weight is 366 g/mol. The van der Waals surface area contributed by atoms with Crippen LogP contribution in [0, 0.1) is 5.92 Å². The molecular formula is C19H18N4O2S. The second-order valence-electron chi connectivity index (χ2n) is 6.43. The molecule has 0 bridgehead atoms. The molecule has 0 unspecified atom stereocenters. The van der Waals surface area contributed by atoms with Crippen molar-refractivity contribution in [1.29, 1.82) is 0 Å². The van der Waals surface area contributed by atoms with Gasteiger partial charge < -0.3 is 10.6 Å². The number of nitrogens with two attached hydrogens (primary N) is 1. The van der Waals surface area contributed by atoms with Gasteiger partial charge in [0.1, 0.15) is 6.33 Å². The number of fused-ring (bicyclic) bond motifs is 1. The number of thiophene rings is 1. The van der Waals surface area contributed by atoms with Crippen molar-refractivity contribution in [3.63, 3.8) is 0 Å². The number of amides is 2. The van der Waals surface area contributed by atoms with Crippen molar-refractivity contribution in [3.05, 3.63) is 47.6 Å². The van der Waals surface area contributed by atoms with E-state index in [9.17, 15) is 9.59 Å². The highest BCUT2D eigenvalue weighted by Gasteiger charge is 2.27. The maximum Gasteiger partial charge on any atom is 0.253 e. The van der Waals surface area contributed by atoms with Gasteiger partial charge in [0.2, 0.25) is 5.91 Å². The Kier molecular flexibility index (Phi) is 4.38. The van der Waals surface area contributed by atoms with Crippen molar-refractivity contribution in [1.82, 2.24) is 14.9 Å². The Morgan fingerprint density at radius 2 is 2.12 bits per heavy atom. The van der Waals surface area contributed by atoms with E-state index in [1.165, 1.54) is 0 Å². The van der Waals surface area contributed by atoms with Crippen molar-refractivity contribution < 1.29 is 9.59 Å². The third-order valence-electron chi connectivity index (χ3n) is 4.74. The standard InChI is InChI=1S/C19H18N4O2S/c20-18(24)14-5-2-7-23(10-14)19(25)13-4-1-3-12(9-13)16-17-15(6-8-26-17)21-11-22-16/h1,3-4,6,8-9,11,14H,2,5,7,10H2,(H2,20,24)/t14-/m0/s1. The van der Waals surface area contributed by atoms with Crippen LogP contribution in [0.2, 0.25) is 0 Å². The van der Waals surface area contributed by atoms with Gasteiger partial charge in [-0.05, 0) is 36.4 Å². The average Bonchev–Trinajstić information content (AvgIpc) is 3.16. The first-order valence-corrected chi connectivity index (χ1v) is 9.38. The first kappa shape index (κ1) is 16.7. The van der Waals surface area contributed by atoms with Crippen LogP contribution >= 0.6 is 11.3 Å². The van der Waals surface area contributed by atoms with Crippen molar-refractivity contribution in [2.45, 2.75) is 12.8 Å². The number of primary amides is 1. The second kappa shape index (κ2) is 6.84. The summed E-state index contributed by atoms with van der Waals surface area (Å²) in [6.45, 7) is 1.04. The van der Waals surface area contributed by atoms with E-state index in [1.54, 1.807) is 28.6 Å². The van der Waals surface area contributed by atoms with Gasteiger partial charge in [0.15, 0.2) is 0 Å². The van der Waals surface area contributed by atoms with Crippen LogP contribution in [0.1, 0.15) is 23.2 Å². The Morgan fingerprint density at radius 1 is 1.23 bits per heavy atom. The minimum Gasteiger partial charge on any atom is -0.369 e. The van der Waals surface area contributed by atoms with E-state index in [1.807, 2.05) is 29.6 Å². The molecule has 2 aromatic heterocycles. The van der Waals surface area contributed by atoms with E-state index >= 15 is 0 Å². The molecule has 1 atom stereocenters. The topological polar surface area (TPSA) is 89.2 Å². The first-order chi connectivity index (χ1) is 12.6. The smallest absolute Gasteiger partial charge is 0.253 e. The van der Waals surface area contributed by atoms with Crippen molar-refractivity contribution >= 4 is 33.4 Å². The third-order valence-corrected chi connectivity index (χ3v) is 5.65. The fourth-order valence-corrected chi connectivity index (χ4v) is 4.23. The molecule has 3 aromatic rings. The van der Waals surface area contributed by atoms with Crippen LogP contribution in [0.15, 0.2) is 42.0 Å². The van der Waals surface area contributed by atoms with E-state index in [4.69, 9.17) is 5.73 Å². The molecule has 0 radical (unpaired) electrons. The third kappa shape index (κ3) is 3.06. The zero-order valence-electron chi connectivity index (χ0n) is 14.1. The van der Waals surface area contributed by atoms with Crippen LogP contribution in [-0.2, 0) is 4.79 Å². The number of hydrogen-bond donors (Lipinski definition) is 1. The zero-order chi connectivity index (χ0) is 18.1. The van der Waals surface area contributed by atoms with Gasteiger partial charge in [-0.2, -0.15) is 0 Å². The maximum atomic E-state index is 12.9. The SMILES string of the molecule is NC(=O)[C@H]1CCCN(C(=O)c2cccc(-c3ncnc4ccsc34)c2)C1. The molecule has 1 aliphatic rings. The normalized spacial score (nSPS) is 17.4. The van der Waals surface area contributed by atoms with Crippen LogP contribution in [0.25, 0.3) is 21.5 Å². The highest BCUT2D eigenvalue weighted by atomic mass is 32.1. The molecule has 6 nitrogen and oxygen atoms in total. The van der Waals surface area contributed by atoms with Gasteiger partial charge >= 0.3 is 0 Å². The van der Waals surface area contributed by atoms with Gasteiger partial charge in [-0.1, -0.05) is 12.1 Å². The molecule has 0 spiro atoms. The molecule has 1 aliphatic heterocycles. The number of benzene rings is 1. The fourth-order valence-electron chi connectivity index (χ4n) is 3.37. The Bertz CT molecular complexity index is 984. The van der Waals surface area contributed by atoms with Crippen LogP contribution in [0.3, 0.4) is 0 Å². The minimum absolute atomic E-state index is 0.0747. The van der Waals surface area contributed by atoms with Gasteiger partial charge in [0, 0.05) is 24.2 Å². The number of likely N-dealkylation sites (tertiary alicyclic amines) is 1. The summed E-state index contributed by atoms with van der Waals surface area (Å²) < 4.78 is 1.00. The van der Waals surface area contributed by atoms with E-state index in [0.29, 0.717) is 18.7 Å². The van der Waals surface area contributed by atoms with Gasteiger partial charge in [-0.3, -0.25) is 9.59 Å². The van der Waals surface area contributed by atoms with E-state index in [0.717, 1.165) is 34.3 Å². The number of nitrogens with zero attached hydrogens (tertiary/aromatic N) is 3. The van der Waals surface area contributed by atoms with Crippen LogP contribution in [0.5, 0.6) is 0 Å². The number of hydrogen-bond acceptors (Lipinski definition) is 5. The van der Waals surface area contributed by atoms with Gasteiger partial charge in [0.25, 0.3) is 5.91 Å². The van der Waals surface area contributed by atoms with Crippen LogP contribution in [-0.4, -0.2) is 39.8 Å². The Labute approximate surface area is 154 Å². The van der Waals surface area contributed by atoms with E-state index in [-0.39, 0.29) is 17.7 Å². The lowest BCUT2D eigenvalue weighted by atomic mass is 9.96. The lowest BCUT2D eigenvalue weighted by Crippen LogP contribution is -2.44. The summed E-state index contributed by atoms with van der Waals surface area (Å²) in [5.41, 5.74) is 8.63. The lowest BCUT2D eigenvalue weighted by molar-refractivity contribution is -0.123. The van der Waals surface area contributed by atoms with E-state index in [2.05, 4.69) is 9.97 Å². The van der Waals surface area contributed by atoms with Crippen molar-refractivity contribution in [3.8, 4) is 11.3 Å². The Hall–Kier alpha value is -2.80. The predicted octanol–water partition coefficient (Wildman–Crippen LogP) is 2.70.